The summed E-state index contributed by atoms with van der Waals surface area (Å²) in [6.07, 6.45) is 7.42. The van der Waals surface area contributed by atoms with Crippen molar-refractivity contribution in [2.24, 2.45) is 0 Å². The van der Waals surface area contributed by atoms with Crippen molar-refractivity contribution in [1.29, 1.82) is 0 Å². The average Bonchev–Trinajstić information content (AvgIpc) is 2.97. The minimum absolute atomic E-state index is 0.192. The largest absolute Gasteiger partial charge is 0.453 e. The molecule has 1 aliphatic rings. The molecular formula is C15H23NO4. The Balaban J connectivity index is 1.57. The number of amides is 1. The van der Waals surface area contributed by atoms with Crippen LogP contribution in [-0.4, -0.2) is 30.3 Å². The van der Waals surface area contributed by atoms with Crippen LogP contribution in [-0.2, 0) is 11.3 Å². The molecule has 1 amide bonds. The molecule has 1 aromatic heterocycles. The van der Waals surface area contributed by atoms with E-state index in [9.17, 15) is 4.79 Å². The summed E-state index contributed by atoms with van der Waals surface area (Å²) in [6.45, 7) is 1.06. The normalized spacial score (nSPS) is 16.2. The number of furan rings is 1. The third kappa shape index (κ3) is 4.65. The van der Waals surface area contributed by atoms with Crippen molar-refractivity contribution in [1.82, 2.24) is 5.32 Å². The summed E-state index contributed by atoms with van der Waals surface area (Å²) < 4.78 is 10.9. The Morgan fingerprint density at radius 3 is 2.85 bits per heavy atom. The van der Waals surface area contributed by atoms with Gasteiger partial charge in [0.1, 0.15) is 12.4 Å². The van der Waals surface area contributed by atoms with E-state index in [4.69, 9.17) is 14.3 Å². The Labute approximate surface area is 119 Å². The topological polar surface area (TPSA) is 71.7 Å². The van der Waals surface area contributed by atoms with Crippen LogP contribution < -0.4 is 5.32 Å². The molecule has 2 rings (SSSR count). The molecule has 0 bridgehead atoms. The predicted octanol–water partition coefficient (Wildman–Crippen LogP) is 2.24. The van der Waals surface area contributed by atoms with Crippen molar-refractivity contribution in [2.75, 3.05) is 13.2 Å². The summed E-state index contributed by atoms with van der Waals surface area (Å²) in [5.74, 6) is 0.389. The van der Waals surface area contributed by atoms with E-state index in [0.717, 1.165) is 6.42 Å². The van der Waals surface area contributed by atoms with Gasteiger partial charge in [-0.3, -0.25) is 4.79 Å². The second-order valence-electron chi connectivity index (χ2n) is 5.16. The van der Waals surface area contributed by atoms with E-state index in [1.165, 1.54) is 32.1 Å². The fraction of sp³-hybridized carbons (Fsp3) is 0.667. The van der Waals surface area contributed by atoms with Gasteiger partial charge in [-0.05, 0) is 31.4 Å². The highest BCUT2D eigenvalue weighted by atomic mass is 16.5. The summed E-state index contributed by atoms with van der Waals surface area (Å²) >= 11 is 0. The molecular weight excluding hydrogens is 258 g/mol. The first-order valence-corrected chi connectivity index (χ1v) is 7.39. The molecule has 0 aromatic carbocycles. The number of aliphatic hydroxyl groups excluding tert-OH is 1. The molecule has 5 heteroatoms. The number of nitrogens with one attached hydrogen (secondary N) is 1. The van der Waals surface area contributed by atoms with Gasteiger partial charge in [-0.25, -0.2) is 0 Å². The minimum atomic E-state index is -0.248. The molecule has 112 valence electrons. The Kier molecular flexibility index (Phi) is 6.08. The first kappa shape index (κ1) is 15.1. The minimum Gasteiger partial charge on any atom is -0.453 e. The maximum atomic E-state index is 11.7. The van der Waals surface area contributed by atoms with E-state index in [0.29, 0.717) is 25.0 Å². The number of hydrogen-bond acceptors (Lipinski definition) is 4. The van der Waals surface area contributed by atoms with Crippen LogP contribution in [0.3, 0.4) is 0 Å². The monoisotopic (exact) mass is 281 g/mol. The lowest BCUT2D eigenvalue weighted by Crippen LogP contribution is -2.25. The average molecular weight is 281 g/mol. The van der Waals surface area contributed by atoms with Crippen molar-refractivity contribution < 1.29 is 19.1 Å². The molecule has 0 aliphatic heterocycles. The summed E-state index contributed by atoms with van der Waals surface area (Å²) in [4.78, 5) is 11.7. The summed E-state index contributed by atoms with van der Waals surface area (Å²) in [6, 6.07) is 3.17. The molecule has 1 saturated carbocycles. The summed E-state index contributed by atoms with van der Waals surface area (Å²) in [5, 5.41) is 11.6. The van der Waals surface area contributed by atoms with Gasteiger partial charge in [-0.15, -0.1) is 0 Å². The van der Waals surface area contributed by atoms with Gasteiger partial charge in [-0.1, -0.05) is 19.3 Å². The maximum Gasteiger partial charge on any atom is 0.286 e. The lowest BCUT2D eigenvalue weighted by molar-refractivity contribution is 0.0273. The summed E-state index contributed by atoms with van der Waals surface area (Å²) in [5.41, 5.74) is 0. The molecule has 1 fully saturated rings. The van der Waals surface area contributed by atoms with Crippen LogP contribution in [0.1, 0.15) is 54.8 Å². The van der Waals surface area contributed by atoms with E-state index < -0.39 is 0 Å². The van der Waals surface area contributed by atoms with Crippen LogP contribution in [0.15, 0.2) is 16.5 Å². The van der Waals surface area contributed by atoms with Crippen LogP contribution in [0.25, 0.3) is 0 Å². The molecule has 20 heavy (non-hydrogen) atoms. The molecule has 0 atom stereocenters. The fourth-order valence-corrected chi connectivity index (χ4v) is 2.43. The van der Waals surface area contributed by atoms with Crippen LogP contribution >= 0.6 is 0 Å². The second-order valence-corrected chi connectivity index (χ2v) is 5.16. The lowest BCUT2D eigenvalue weighted by atomic mass is 9.98. The highest BCUT2D eigenvalue weighted by Crippen LogP contribution is 2.20. The fourth-order valence-electron chi connectivity index (χ4n) is 2.43. The van der Waals surface area contributed by atoms with Gasteiger partial charge in [0.15, 0.2) is 5.76 Å². The number of ether oxygens (including phenoxy) is 1. The van der Waals surface area contributed by atoms with Gasteiger partial charge >= 0.3 is 0 Å². The number of rotatable bonds is 7. The van der Waals surface area contributed by atoms with Crippen LogP contribution in [0.2, 0.25) is 0 Å². The third-order valence-corrected chi connectivity index (χ3v) is 3.55. The molecule has 5 nitrogen and oxygen atoms in total. The van der Waals surface area contributed by atoms with Crippen molar-refractivity contribution >= 4 is 5.91 Å². The number of hydrogen-bond donors (Lipinski definition) is 2. The Hall–Kier alpha value is -1.33. The van der Waals surface area contributed by atoms with E-state index in [1.54, 1.807) is 12.1 Å². The van der Waals surface area contributed by atoms with Gasteiger partial charge in [-0.2, -0.15) is 0 Å². The van der Waals surface area contributed by atoms with Crippen LogP contribution in [0.4, 0.5) is 0 Å². The molecule has 0 spiro atoms. The standard InChI is InChI=1S/C15H23NO4/c17-11-13-7-8-14(20-13)15(18)16-9-4-10-19-12-5-2-1-3-6-12/h7-8,12,17H,1-6,9-11H2,(H,16,18). The number of carbonyl (C=O) groups excluding carboxylic acids is 1. The molecule has 0 radical (unpaired) electrons. The Morgan fingerprint density at radius 2 is 2.15 bits per heavy atom. The second kappa shape index (κ2) is 8.07. The van der Waals surface area contributed by atoms with Gasteiger partial charge in [0.05, 0.1) is 6.10 Å². The molecule has 0 unspecified atom stereocenters. The van der Waals surface area contributed by atoms with E-state index in [2.05, 4.69) is 5.32 Å². The van der Waals surface area contributed by atoms with Crippen molar-refractivity contribution in [3.63, 3.8) is 0 Å². The molecule has 0 saturated heterocycles. The first-order valence-electron chi connectivity index (χ1n) is 7.39. The SMILES string of the molecule is O=C(NCCCOC1CCCCC1)c1ccc(CO)o1. The van der Waals surface area contributed by atoms with Crippen molar-refractivity contribution in [2.45, 2.75) is 51.2 Å². The number of aliphatic hydroxyl groups is 1. The highest BCUT2D eigenvalue weighted by molar-refractivity contribution is 5.91. The third-order valence-electron chi connectivity index (χ3n) is 3.55. The summed E-state index contributed by atoms with van der Waals surface area (Å²) in [7, 11) is 0. The Bertz CT molecular complexity index is 410. The van der Waals surface area contributed by atoms with Gasteiger partial charge in [0, 0.05) is 13.2 Å². The van der Waals surface area contributed by atoms with Gasteiger partial charge in [0.2, 0.25) is 0 Å². The van der Waals surface area contributed by atoms with E-state index in [1.807, 2.05) is 0 Å². The first-order chi connectivity index (χ1) is 9.79. The highest BCUT2D eigenvalue weighted by Gasteiger charge is 2.13. The van der Waals surface area contributed by atoms with Crippen molar-refractivity contribution in [3.8, 4) is 0 Å². The molecule has 1 aromatic rings. The number of carbonyl (C=O) groups is 1. The smallest absolute Gasteiger partial charge is 0.286 e. The van der Waals surface area contributed by atoms with E-state index in [-0.39, 0.29) is 18.3 Å². The molecule has 1 aliphatic carbocycles. The quantitative estimate of drug-likeness (QED) is 0.752. The van der Waals surface area contributed by atoms with Gasteiger partial charge in [0.25, 0.3) is 5.91 Å². The van der Waals surface area contributed by atoms with Crippen LogP contribution in [0, 0.1) is 0 Å². The zero-order valence-electron chi connectivity index (χ0n) is 11.8. The molecule has 2 N–H and O–H groups in total. The van der Waals surface area contributed by atoms with Crippen molar-refractivity contribution in [3.05, 3.63) is 23.7 Å². The van der Waals surface area contributed by atoms with Gasteiger partial charge < -0.3 is 19.6 Å². The maximum absolute atomic E-state index is 11.7. The van der Waals surface area contributed by atoms with E-state index >= 15 is 0 Å². The predicted molar refractivity (Wildman–Crippen MR) is 74.4 cm³/mol. The Morgan fingerprint density at radius 1 is 1.35 bits per heavy atom. The zero-order valence-corrected chi connectivity index (χ0v) is 11.8. The molecule has 1 heterocycles. The lowest BCUT2D eigenvalue weighted by Gasteiger charge is -2.21. The van der Waals surface area contributed by atoms with Crippen LogP contribution in [0.5, 0.6) is 0 Å². The zero-order chi connectivity index (χ0) is 14.2.